The standard InChI is InChI=1S/C10H20N2O3/c1-8-3-2-4-12(6-8)10(15)11-5-9(14)7-13/h8-9,13-14H,2-7H2,1H3,(H,11,15). The van der Waals surface area contributed by atoms with E-state index in [1.165, 1.54) is 6.42 Å². The fourth-order valence-electron chi connectivity index (χ4n) is 1.76. The van der Waals surface area contributed by atoms with Crippen molar-refractivity contribution >= 4 is 6.03 Å². The molecule has 0 aromatic carbocycles. The second-order valence-corrected chi connectivity index (χ2v) is 4.22. The predicted molar refractivity (Wildman–Crippen MR) is 56.5 cm³/mol. The molecular formula is C10H20N2O3. The molecule has 0 saturated carbocycles. The van der Waals surface area contributed by atoms with E-state index in [2.05, 4.69) is 12.2 Å². The van der Waals surface area contributed by atoms with Gasteiger partial charge in [-0.2, -0.15) is 0 Å². The van der Waals surface area contributed by atoms with Gasteiger partial charge in [-0.15, -0.1) is 0 Å². The lowest BCUT2D eigenvalue weighted by molar-refractivity contribution is 0.0927. The summed E-state index contributed by atoms with van der Waals surface area (Å²) >= 11 is 0. The van der Waals surface area contributed by atoms with E-state index in [1.54, 1.807) is 4.90 Å². The number of hydrogen-bond acceptors (Lipinski definition) is 3. The molecule has 88 valence electrons. The van der Waals surface area contributed by atoms with Gasteiger partial charge in [0.15, 0.2) is 0 Å². The highest BCUT2D eigenvalue weighted by Crippen LogP contribution is 2.14. The number of piperidine rings is 1. The molecule has 0 bridgehead atoms. The topological polar surface area (TPSA) is 72.8 Å². The Morgan fingerprint density at radius 3 is 3.00 bits per heavy atom. The molecule has 2 unspecified atom stereocenters. The first kappa shape index (κ1) is 12.3. The van der Waals surface area contributed by atoms with Gasteiger partial charge in [-0.25, -0.2) is 4.79 Å². The van der Waals surface area contributed by atoms with Crippen LogP contribution in [0.25, 0.3) is 0 Å². The number of aliphatic hydroxyl groups excluding tert-OH is 2. The summed E-state index contributed by atoms with van der Waals surface area (Å²) in [7, 11) is 0. The Morgan fingerprint density at radius 1 is 1.67 bits per heavy atom. The number of nitrogens with one attached hydrogen (secondary N) is 1. The highest BCUT2D eigenvalue weighted by Gasteiger charge is 2.20. The number of likely N-dealkylation sites (tertiary alicyclic amines) is 1. The maximum Gasteiger partial charge on any atom is 0.317 e. The van der Waals surface area contributed by atoms with Gasteiger partial charge in [-0.3, -0.25) is 0 Å². The Balaban J connectivity index is 2.26. The summed E-state index contributed by atoms with van der Waals surface area (Å²) in [6, 6.07) is -0.144. The minimum Gasteiger partial charge on any atom is -0.394 e. The van der Waals surface area contributed by atoms with Crippen molar-refractivity contribution in [2.24, 2.45) is 5.92 Å². The van der Waals surface area contributed by atoms with Crippen LogP contribution in [0, 0.1) is 5.92 Å². The molecule has 1 saturated heterocycles. The van der Waals surface area contributed by atoms with Gasteiger partial charge in [0.05, 0.1) is 12.7 Å². The van der Waals surface area contributed by atoms with Gasteiger partial charge in [0.1, 0.15) is 0 Å². The lowest BCUT2D eigenvalue weighted by Gasteiger charge is -2.31. The summed E-state index contributed by atoms with van der Waals surface area (Å²) in [5.74, 6) is 0.548. The summed E-state index contributed by atoms with van der Waals surface area (Å²) in [6.07, 6.45) is 1.34. The Bertz CT molecular complexity index is 211. The lowest BCUT2D eigenvalue weighted by Crippen LogP contribution is -2.47. The molecule has 2 amide bonds. The van der Waals surface area contributed by atoms with E-state index >= 15 is 0 Å². The van der Waals surface area contributed by atoms with Crippen molar-refractivity contribution in [3.63, 3.8) is 0 Å². The number of carbonyl (C=O) groups excluding carboxylic acids is 1. The van der Waals surface area contributed by atoms with Gasteiger partial charge < -0.3 is 20.4 Å². The molecule has 0 aliphatic carbocycles. The van der Waals surface area contributed by atoms with E-state index in [9.17, 15) is 4.79 Å². The van der Waals surface area contributed by atoms with Crippen LogP contribution in [0.2, 0.25) is 0 Å². The van der Waals surface area contributed by atoms with E-state index in [1.807, 2.05) is 0 Å². The first-order valence-corrected chi connectivity index (χ1v) is 5.45. The van der Waals surface area contributed by atoms with Crippen LogP contribution in [0.15, 0.2) is 0 Å². The van der Waals surface area contributed by atoms with Crippen molar-refractivity contribution in [1.29, 1.82) is 0 Å². The van der Waals surface area contributed by atoms with E-state index in [-0.39, 0.29) is 19.2 Å². The van der Waals surface area contributed by atoms with Gasteiger partial charge in [-0.05, 0) is 18.8 Å². The Labute approximate surface area is 90.1 Å². The third-order valence-corrected chi connectivity index (χ3v) is 2.64. The maximum atomic E-state index is 11.6. The molecule has 0 aromatic heterocycles. The van der Waals surface area contributed by atoms with Crippen LogP contribution in [0.3, 0.4) is 0 Å². The largest absolute Gasteiger partial charge is 0.394 e. The van der Waals surface area contributed by atoms with E-state index < -0.39 is 6.10 Å². The predicted octanol–water partition coefficient (Wildman–Crippen LogP) is -0.219. The smallest absolute Gasteiger partial charge is 0.317 e. The summed E-state index contributed by atoms with van der Waals surface area (Å²) in [6.45, 7) is 3.48. The van der Waals surface area contributed by atoms with E-state index in [4.69, 9.17) is 10.2 Å². The molecule has 1 heterocycles. The SMILES string of the molecule is CC1CCCN(C(=O)NCC(O)CO)C1. The molecule has 3 N–H and O–H groups in total. The first-order chi connectivity index (χ1) is 7.13. The molecular weight excluding hydrogens is 196 g/mol. The van der Waals surface area contributed by atoms with Crippen molar-refractivity contribution < 1.29 is 15.0 Å². The van der Waals surface area contributed by atoms with Crippen LogP contribution in [-0.2, 0) is 0 Å². The summed E-state index contributed by atoms with van der Waals surface area (Å²) in [5, 5.41) is 20.3. The number of nitrogens with zero attached hydrogens (tertiary/aromatic N) is 1. The fraction of sp³-hybridized carbons (Fsp3) is 0.900. The Kier molecular flexibility index (Phi) is 4.84. The molecule has 0 aromatic rings. The number of rotatable bonds is 3. The maximum absolute atomic E-state index is 11.6. The molecule has 2 atom stereocenters. The van der Waals surface area contributed by atoms with Gasteiger partial charge in [0.25, 0.3) is 0 Å². The van der Waals surface area contributed by atoms with Crippen LogP contribution >= 0.6 is 0 Å². The molecule has 1 rings (SSSR count). The average molecular weight is 216 g/mol. The third kappa shape index (κ3) is 4.05. The molecule has 0 radical (unpaired) electrons. The molecule has 1 aliphatic rings. The zero-order valence-corrected chi connectivity index (χ0v) is 9.15. The van der Waals surface area contributed by atoms with Crippen LogP contribution in [0.1, 0.15) is 19.8 Å². The number of carbonyl (C=O) groups is 1. The summed E-state index contributed by atoms with van der Waals surface area (Å²) < 4.78 is 0. The van der Waals surface area contributed by atoms with Gasteiger partial charge in [0.2, 0.25) is 0 Å². The van der Waals surface area contributed by atoms with Crippen molar-refractivity contribution in [1.82, 2.24) is 10.2 Å². The second kappa shape index (κ2) is 5.92. The molecule has 1 fully saturated rings. The Morgan fingerprint density at radius 2 is 2.40 bits per heavy atom. The van der Waals surface area contributed by atoms with Gasteiger partial charge in [0, 0.05) is 19.6 Å². The van der Waals surface area contributed by atoms with E-state index in [0.29, 0.717) is 5.92 Å². The van der Waals surface area contributed by atoms with E-state index in [0.717, 1.165) is 19.5 Å². The number of amides is 2. The van der Waals surface area contributed by atoms with Crippen molar-refractivity contribution in [2.45, 2.75) is 25.9 Å². The Hall–Kier alpha value is -0.810. The summed E-state index contributed by atoms with van der Waals surface area (Å²) in [5.41, 5.74) is 0. The van der Waals surface area contributed by atoms with Crippen molar-refractivity contribution in [3.8, 4) is 0 Å². The minimum atomic E-state index is -0.865. The van der Waals surface area contributed by atoms with Crippen LogP contribution in [0.5, 0.6) is 0 Å². The first-order valence-electron chi connectivity index (χ1n) is 5.45. The van der Waals surface area contributed by atoms with Crippen molar-refractivity contribution in [3.05, 3.63) is 0 Å². The van der Waals surface area contributed by atoms with Crippen LogP contribution < -0.4 is 5.32 Å². The van der Waals surface area contributed by atoms with Crippen LogP contribution in [0.4, 0.5) is 4.79 Å². The van der Waals surface area contributed by atoms with Crippen LogP contribution in [-0.4, -0.2) is 53.5 Å². The molecule has 5 nitrogen and oxygen atoms in total. The molecule has 0 spiro atoms. The summed E-state index contributed by atoms with van der Waals surface area (Å²) in [4.78, 5) is 13.3. The highest BCUT2D eigenvalue weighted by molar-refractivity contribution is 5.74. The monoisotopic (exact) mass is 216 g/mol. The normalized spacial score (nSPS) is 23.7. The molecule has 1 aliphatic heterocycles. The second-order valence-electron chi connectivity index (χ2n) is 4.22. The quantitative estimate of drug-likeness (QED) is 0.610. The molecule has 15 heavy (non-hydrogen) atoms. The lowest BCUT2D eigenvalue weighted by atomic mass is 10.0. The average Bonchev–Trinajstić information content (AvgIpc) is 2.25. The number of urea groups is 1. The number of hydrogen-bond donors (Lipinski definition) is 3. The molecule has 5 heteroatoms. The number of aliphatic hydroxyl groups is 2. The van der Waals surface area contributed by atoms with Crippen molar-refractivity contribution in [2.75, 3.05) is 26.2 Å². The third-order valence-electron chi connectivity index (χ3n) is 2.64. The van der Waals surface area contributed by atoms with Gasteiger partial charge in [-0.1, -0.05) is 6.92 Å². The zero-order chi connectivity index (χ0) is 11.3. The zero-order valence-electron chi connectivity index (χ0n) is 9.15. The highest BCUT2D eigenvalue weighted by atomic mass is 16.3. The van der Waals surface area contributed by atoms with Gasteiger partial charge >= 0.3 is 6.03 Å². The minimum absolute atomic E-state index is 0.111. The fourth-order valence-corrected chi connectivity index (χ4v) is 1.76.